The fraction of sp³-hybridized carbons (Fsp3) is 0.333. The van der Waals surface area contributed by atoms with E-state index in [1.54, 1.807) is 17.0 Å². The van der Waals surface area contributed by atoms with Crippen LogP contribution in [0.15, 0.2) is 35.8 Å². The molecule has 0 saturated heterocycles. The quantitative estimate of drug-likeness (QED) is 0.677. The van der Waals surface area contributed by atoms with E-state index in [9.17, 15) is 9.18 Å². The van der Waals surface area contributed by atoms with Gasteiger partial charge < -0.3 is 4.90 Å². The summed E-state index contributed by atoms with van der Waals surface area (Å²) in [6, 6.07) is 6.28. The van der Waals surface area contributed by atoms with Crippen LogP contribution < -0.4 is 0 Å². The number of benzene rings is 1. The van der Waals surface area contributed by atoms with Gasteiger partial charge in [-0.05, 0) is 30.7 Å². The number of aromatic nitrogens is 2. The maximum atomic E-state index is 13.1. The Morgan fingerprint density at radius 2 is 2.08 bits per heavy atom. The second kappa shape index (κ2) is 7.13. The van der Waals surface area contributed by atoms with E-state index in [2.05, 4.69) is 11.9 Å². The Hall–Kier alpha value is -2.21. The van der Waals surface area contributed by atoms with Crippen molar-refractivity contribution < 1.29 is 9.18 Å². The average molecular weight is 345 g/mol. The maximum Gasteiger partial charge on any atom is 0.228 e. The molecule has 2 heterocycles. The molecule has 0 radical (unpaired) electrons. The molecule has 0 fully saturated rings. The van der Waals surface area contributed by atoms with Gasteiger partial charge in [-0.1, -0.05) is 13.3 Å². The molecule has 3 rings (SSSR count). The molecular weight excluding hydrogens is 325 g/mol. The monoisotopic (exact) mass is 345 g/mol. The van der Waals surface area contributed by atoms with E-state index in [0.717, 1.165) is 41.3 Å². The number of rotatable bonds is 6. The van der Waals surface area contributed by atoms with Crippen LogP contribution in [0.1, 0.15) is 25.5 Å². The highest BCUT2D eigenvalue weighted by Crippen LogP contribution is 2.24. The Kier molecular flexibility index (Phi) is 4.94. The van der Waals surface area contributed by atoms with Crippen molar-refractivity contribution in [2.24, 2.45) is 0 Å². The minimum absolute atomic E-state index is 0.111. The van der Waals surface area contributed by atoms with Crippen molar-refractivity contribution in [3.05, 3.63) is 47.4 Å². The van der Waals surface area contributed by atoms with Gasteiger partial charge in [0.05, 0.1) is 12.1 Å². The Morgan fingerprint density at radius 3 is 2.79 bits per heavy atom. The van der Waals surface area contributed by atoms with E-state index < -0.39 is 0 Å². The molecule has 0 aliphatic heterocycles. The molecule has 24 heavy (non-hydrogen) atoms. The summed E-state index contributed by atoms with van der Waals surface area (Å²) >= 11 is 1.51. The lowest BCUT2D eigenvalue weighted by Gasteiger charge is -2.16. The van der Waals surface area contributed by atoms with Crippen LogP contribution in [-0.4, -0.2) is 33.8 Å². The zero-order valence-corrected chi connectivity index (χ0v) is 14.6. The summed E-state index contributed by atoms with van der Waals surface area (Å²) in [5.74, 6) is -0.152. The first-order chi connectivity index (χ1) is 11.6. The van der Waals surface area contributed by atoms with Gasteiger partial charge in [-0.15, -0.1) is 11.3 Å². The number of amides is 1. The van der Waals surface area contributed by atoms with E-state index in [-0.39, 0.29) is 11.7 Å². The van der Waals surface area contributed by atoms with E-state index in [4.69, 9.17) is 0 Å². The summed E-state index contributed by atoms with van der Waals surface area (Å²) in [4.78, 5) is 19.5. The first kappa shape index (κ1) is 16.6. The second-order valence-electron chi connectivity index (χ2n) is 5.86. The molecule has 4 nitrogen and oxygen atoms in total. The molecule has 2 aromatic heterocycles. The summed E-state index contributed by atoms with van der Waals surface area (Å²) in [5.41, 5.74) is 2.59. The largest absolute Gasteiger partial charge is 0.345 e. The highest BCUT2D eigenvalue weighted by molar-refractivity contribution is 7.15. The van der Waals surface area contributed by atoms with Crippen LogP contribution in [0.4, 0.5) is 4.39 Å². The highest BCUT2D eigenvalue weighted by atomic mass is 32.1. The molecular formula is C18H20FN3OS. The zero-order valence-electron chi connectivity index (χ0n) is 13.8. The van der Waals surface area contributed by atoms with Crippen LogP contribution in [0.25, 0.3) is 16.2 Å². The fourth-order valence-electron chi connectivity index (χ4n) is 2.53. The molecule has 0 saturated carbocycles. The van der Waals surface area contributed by atoms with Gasteiger partial charge in [0, 0.05) is 36.4 Å². The lowest BCUT2D eigenvalue weighted by molar-refractivity contribution is -0.129. The average Bonchev–Trinajstić information content (AvgIpc) is 3.15. The van der Waals surface area contributed by atoms with E-state index in [1.807, 2.05) is 23.0 Å². The number of carbonyl (C=O) groups excluding carboxylic acids is 1. The lowest BCUT2D eigenvalue weighted by Crippen LogP contribution is -2.29. The van der Waals surface area contributed by atoms with Crippen molar-refractivity contribution in [2.45, 2.75) is 26.2 Å². The number of carbonyl (C=O) groups is 1. The molecule has 0 unspecified atom stereocenters. The van der Waals surface area contributed by atoms with Crippen LogP contribution in [0.3, 0.4) is 0 Å². The van der Waals surface area contributed by atoms with Crippen molar-refractivity contribution in [3.63, 3.8) is 0 Å². The lowest BCUT2D eigenvalue weighted by atomic mass is 10.2. The number of imidazole rings is 1. The van der Waals surface area contributed by atoms with Crippen LogP contribution in [-0.2, 0) is 11.2 Å². The molecule has 0 N–H and O–H groups in total. The van der Waals surface area contributed by atoms with E-state index in [1.165, 1.54) is 23.5 Å². The molecule has 1 amide bonds. The van der Waals surface area contributed by atoms with Gasteiger partial charge in [0.1, 0.15) is 5.82 Å². The predicted octanol–water partition coefficient (Wildman–Crippen LogP) is 4.00. The van der Waals surface area contributed by atoms with E-state index in [0.29, 0.717) is 6.42 Å². The van der Waals surface area contributed by atoms with Gasteiger partial charge in [-0.25, -0.2) is 9.37 Å². The zero-order chi connectivity index (χ0) is 17.1. The standard InChI is InChI=1S/C18H20FN3OS/c1-3-4-9-21(2)17(23)10-15-12-24-18-20-16(11-22(15)18)13-5-7-14(19)8-6-13/h5-8,11-12H,3-4,9-10H2,1-2H3. The Labute approximate surface area is 144 Å². The molecule has 0 aliphatic carbocycles. The van der Waals surface area contributed by atoms with Crippen molar-refractivity contribution in [2.75, 3.05) is 13.6 Å². The predicted molar refractivity (Wildman–Crippen MR) is 94.7 cm³/mol. The van der Waals surface area contributed by atoms with Crippen molar-refractivity contribution in [3.8, 4) is 11.3 Å². The summed E-state index contributed by atoms with van der Waals surface area (Å²) < 4.78 is 15.0. The number of halogens is 1. The summed E-state index contributed by atoms with van der Waals surface area (Å²) in [7, 11) is 1.85. The third kappa shape index (κ3) is 3.48. The smallest absolute Gasteiger partial charge is 0.228 e. The normalized spacial score (nSPS) is 11.1. The van der Waals surface area contributed by atoms with Gasteiger partial charge in [0.15, 0.2) is 4.96 Å². The molecule has 0 atom stereocenters. The number of thiazole rings is 1. The highest BCUT2D eigenvalue weighted by Gasteiger charge is 2.15. The summed E-state index contributed by atoms with van der Waals surface area (Å²) in [6.07, 6.45) is 4.36. The fourth-order valence-corrected chi connectivity index (χ4v) is 3.40. The maximum absolute atomic E-state index is 13.1. The van der Waals surface area contributed by atoms with Gasteiger partial charge in [0.2, 0.25) is 5.91 Å². The minimum atomic E-state index is -0.263. The topological polar surface area (TPSA) is 37.6 Å². The second-order valence-corrected chi connectivity index (χ2v) is 6.69. The molecule has 6 heteroatoms. The molecule has 0 spiro atoms. The Morgan fingerprint density at radius 1 is 1.33 bits per heavy atom. The summed E-state index contributed by atoms with van der Waals surface area (Å²) in [5, 5.41) is 1.97. The first-order valence-corrected chi connectivity index (χ1v) is 8.92. The SMILES string of the molecule is CCCCN(C)C(=O)Cc1csc2nc(-c3ccc(F)cc3)cn12. The Bertz CT molecular complexity index is 838. The van der Waals surface area contributed by atoms with Crippen LogP contribution in [0.2, 0.25) is 0 Å². The molecule has 1 aromatic carbocycles. The van der Waals surface area contributed by atoms with Crippen molar-refractivity contribution in [1.29, 1.82) is 0 Å². The molecule has 3 aromatic rings. The van der Waals surface area contributed by atoms with Crippen LogP contribution in [0.5, 0.6) is 0 Å². The molecule has 0 bridgehead atoms. The minimum Gasteiger partial charge on any atom is -0.345 e. The van der Waals surface area contributed by atoms with E-state index >= 15 is 0 Å². The van der Waals surface area contributed by atoms with Crippen LogP contribution in [0, 0.1) is 5.82 Å². The number of hydrogen-bond donors (Lipinski definition) is 0. The summed E-state index contributed by atoms with van der Waals surface area (Å²) in [6.45, 7) is 2.90. The van der Waals surface area contributed by atoms with Crippen LogP contribution >= 0.6 is 11.3 Å². The third-order valence-corrected chi connectivity index (χ3v) is 4.92. The van der Waals surface area contributed by atoms with Gasteiger partial charge >= 0.3 is 0 Å². The third-order valence-electron chi connectivity index (χ3n) is 4.03. The number of hydrogen-bond acceptors (Lipinski definition) is 3. The molecule has 0 aliphatic rings. The Balaban J connectivity index is 1.80. The van der Waals surface area contributed by atoms with Gasteiger partial charge in [-0.3, -0.25) is 9.20 Å². The number of fused-ring (bicyclic) bond motifs is 1. The van der Waals surface area contributed by atoms with Gasteiger partial charge in [-0.2, -0.15) is 0 Å². The number of nitrogens with zero attached hydrogens (tertiary/aromatic N) is 3. The first-order valence-electron chi connectivity index (χ1n) is 8.04. The number of likely N-dealkylation sites (N-methyl/N-ethyl adjacent to an activating group) is 1. The molecule has 126 valence electrons. The van der Waals surface area contributed by atoms with Crippen molar-refractivity contribution in [1.82, 2.24) is 14.3 Å². The van der Waals surface area contributed by atoms with Crippen molar-refractivity contribution >= 4 is 22.2 Å². The van der Waals surface area contributed by atoms with Gasteiger partial charge in [0.25, 0.3) is 0 Å². The number of unbranched alkanes of at least 4 members (excludes halogenated alkanes) is 1.